The fraction of sp³-hybridized carbons (Fsp3) is 0.0500. The van der Waals surface area contributed by atoms with Crippen LogP contribution in [-0.4, -0.2) is 14.3 Å². The molecular formula is C20H13F5N2O3S. The van der Waals surface area contributed by atoms with Crippen LogP contribution in [-0.2, 0) is 16.2 Å². The molecule has 3 aromatic rings. The number of hydrogen-bond donors (Lipinski definition) is 2. The first-order valence-electron chi connectivity index (χ1n) is 8.53. The molecule has 0 aliphatic carbocycles. The first kappa shape index (κ1) is 22.2. The highest BCUT2D eigenvalue weighted by atomic mass is 32.2. The van der Waals surface area contributed by atoms with Gasteiger partial charge in [-0.2, -0.15) is 13.2 Å². The van der Waals surface area contributed by atoms with E-state index in [1.807, 2.05) is 4.72 Å². The van der Waals surface area contributed by atoms with Crippen LogP contribution < -0.4 is 10.0 Å². The van der Waals surface area contributed by atoms with Crippen LogP contribution in [0.5, 0.6) is 0 Å². The Kier molecular flexibility index (Phi) is 5.98. The quantitative estimate of drug-likeness (QED) is 0.529. The van der Waals surface area contributed by atoms with Crippen molar-refractivity contribution < 1.29 is 35.2 Å². The van der Waals surface area contributed by atoms with Crippen molar-refractivity contribution in [2.45, 2.75) is 11.1 Å². The second-order valence-corrected chi connectivity index (χ2v) is 7.94. The summed E-state index contributed by atoms with van der Waals surface area (Å²) in [6, 6.07) is 10.9. The fourth-order valence-corrected chi connectivity index (χ4v) is 3.63. The molecule has 0 atom stereocenters. The largest absolute Gasteiger partial charge is 0.416 e. The van der Waals surface area contributed by atoms with Gasteiger partial charge in [-0.05, 0) is 48.5 Å². The van der Waals surface area contributed by atoms with E-state index in [1.54, 1.807) is 0 Å². The van der Waals surface area contributed by atoms with Crippen LogP contribution in [0.15, 0.2) is 71.6 Å². The Balaban J connectivity index is 1.82. The van der Waals surface area contributed by atoms with Gasteiger partial charge >= 0.3 is 6.18 Å². The first-order valence-corrected chi connectivity index (χ1v) is 10.0. The molecule has 1 amide bonds. The van der Waals surface area contributed by atoms with Crippen molar-refractivity contribution in [3.63, 3.8) is 0 Å². The summed E-state index contributed by atoms with van der Waals surface area (Å²) in [5.41, 5.74) is -2.19. The summed E-state index contributed by atoms with van der Waals surface area (Å²) in [5.74, 6) is -2.92. The van der Waals surface area contributed by atoms with Gasteiger partial charge < -0.3 is 5.32 Å². The molecule has 0 unspecified atom stereocenters. The molecule has 5 nitrogen and oxygen atoms in total. The molecule has 0 bridgehead atoms. The number of halogens is 5. The molecule has 3 rings (SSSR count). The van der Waals surface area contributed by atoms with Crippen molar-refractivity contribution in [3.8, 4) is 0 Å². The highest BCUT2D eigenvalue weighted by Gasteiger charge is 2.30. The van der Waals surface area contributed by atoms with Crippen molar-refractivity contribution >= 4 is 27.3 Å². The van der Waals surface area contributed by atoms with Gasteiger partial charge in [0.2, 0.25) is 0 Å². The van der Waals surface area contributed by atoms with Crippen molar-refractivity contribution in [2.75, 3.05) is 10.0 Å². The molecule has 0 fully saturated rings. The van der Waals surface area contributed by atoms with Crippen molar-refractivity contribution in [1.29, 1.82) is 0 Å². The zero-order valence-corrected chi connectivity index (χ0v) is 16.2. The summed E-state index contributed by atoms with van der Waals surface area (Å²) >= 11 is 0. The molecule has 0 radical (unpaired) electrons. The van der Waals surface area contributed by atoms with E-state index in [0.717, 1.165) is 36.4 Å². The molecule has 11 heteroatoms. The minimum Gasteiger partial charge on any atom is -0.319 e. The van der Waals surface area contributed by atoms with Crippen LogP contribution in [0.2, 0.25) is 0 Å². The summed E-state index contributed by atoms with van der Waals surface area (Å²) in [4.78, 5) is 11.5. The third-order valence-corrected chi connectivity index (χ3v) is 5.44. The number of rotatable bonds is 5. The Labute approximate surface area is 173 Å². The van der Waals surface area contributed by atoms with E-state index < -0.39 is 49.9 Å². The maximum absolute atomic E-state index is 14.4. The molecule has 0 aliphatic heterocycles. The number of carbonyl (C=O) groups is 1. The standard InChI is InChI=1S/C20H13F5N2O3S/c21-16-7-2-1-6-15(16)19(28)26-18-9-8-14(11-17(18)22)31(29,30)27-13-5-3-4-12(10-13)20(23,24)25/h1-11,27H,(H,26,28). The molecule has 0 saturated carbocycles. The Bertz CT molecular complexity index is 1240. The number of nitrogens with one attached hydrogen (secondary N) is 2. The number of benzene rings is 3. The second-order valence-electron chi connectivity index (χ2n) is 6.26. The van der Waals surface area contributed by atoms with Gasteiger partial charge in [0, 0.05) is 5.69 Å². The van der Waals surface area contributed by atoms with Crippen LogP contribution in [0.4, 0.5) is 33.3 Å². The van der Waals surface area contributed by atoms with Crippen LogP contribution >= 0.6 is 0 Å². The van der Waals surface area contributed by atoms with E-state index in [4.69, 9.17) is 0 Å². The molecular weight excluding hydrogens is 443 g/mol. The van der Waals surface area contributed by atoms with Crippen LogP contribution in [0.25, 0.3) is 0 Å². The van der Waals surface area contributed by atoms with E-state index >= 15 is 0 Å². The molecule has 0 saturated heterocycles. The number of carbonyl (C=O) groups excluding carboxylic acids is 1. The van der Waals surface area contributed by atoms with Gasteiger partial charge in [0.05, 0.1) is 21.7 Å². The molecule has 0 aliphatic rings. The van der Waals surface area contributed by atoms with Gasteiger partial charge in [-0.25, -0.2) is 17.2 Å². The summed E-state index contributed by atoms with van der Waals surface area (Å²) < 4.78 is 93.2. The minimum absolute atomic E-state index is 0.343. The normalized spacial score (nSPS) is 11.8. The van der Waals surface area contributed by atoms with E-state index in [1.165, 1.54) is 18.2 Å². The second kappa shape index (κ2) is 8.34. The van der Waals surface area contributed by atoms with E-state index in [0.29, 0.717) is 12.1 Å². The van der Waals surface area contributed by atoms with Gasteiger partial charge in [-0.1, -0.05) is 18.2 Å². The topological polar surface area (TPSA) is 75.3 Å². The fourth-order valence-electron chi connectivity index (χ4n) is 2.57. The maximum atomic E-state index is 14.4. The van der Waals surface area contributed by atoms with E-state index in [-0.39, 0.29) is 11.3 Å². The molecule has 31 heavy (non-hydrogen) atoms. The predicted molar refractivity (Wildman–Crippen MR) is 103 cm³/mol. The first-order chi connectivity index (χ1) is 14.5. The number of hydrogen-bond acceptors (Lipinski definition) is 3. The van der Waals surface area contributed by atoms with Crippen molar-refractivity contribution in [3.05, 3.63) is 89.5 Å². The summed E-state index contributed by atoms with van der Waals surface area (Å²) in [5, 5.41) is 2.13. The average molecular weight is 456 g/mol. The number of anilines is 2. The Morgan fingerprint density at radius 1 is 0.839 bits per heavy atom. The molecule has 2 N–H and O–H groups in total. The lowest BCUT2D eigenvalue weighted by atomic mass is 10.2. The lowest BCUT2D eigenvalue weighted by molar-refractivity contribution is -0.137. The summed E-state index contributed by atoms with van der Waals surface area (Å²) in [6.07, 6.45) is -4.67. The maximum Gasteiger partial charge on any atom is 0.416 e. The molecule has 0 aromatic heterocycles. The lowest BCUT2D eigenvalue weighted by Crippen LogP contribution is -2.16. The highest BCUT2D eigenvalue weighted by molar-refractivity contribution is 7.92. The van der Waals surface area contributed by atoms with E-state index in [2.05, 4.69) is 5.32 Å². The molecule has 0 heterocycles. The van der Waals surface area contributed by atoms with Crippen LogP contribution in [0.1, 0.15) is 15.9 Å². The third kappa shape index (κ3) is 5.18. The predicted octanol–water partition coefficient (Wildman–Crippen LogP) is 5.04. The SMILES string of the molecule is O=C(Nc1ccc(S(=O)(=O)Nc2cccc(C(F)(F)F)c2)cc1F)c1ccccc1F. The highest BCUT2D eigenvalue weighted by Crippen LogP contribution is 2.31. The number of sulfonamides is 1. The summed E-state index contributed by atoms with van der Waals surface area (Å²) in [6.45, 7) is 0. The Hall–Kier alpha value is -3.47. The third-order valence-electron chi connectivity index (χ3n) is 4.06. The van der Waals surface area contributed by atoms with Gasteiger partial charge in [-0.3, -0.25) is 9.52 Å². The minimum atomic E-state index is -4.67. The van der Waals surface area contributed by atoms with Crippen molar-refractivity contribution in [2.24, 2.45) is 0 Å². The monoisotopic (exact) mass is 456 g/mol. The molecule has 0 spiro atoms. The number of alkyl halides is 3. The van der Waals surface area contributed by atoms with Gasteiger partial charge in [-0.15, -0.1) is 0 Å². The lowest BCUT2D eigenvalue weighted by Gasteiger charge is -2.12. The van der Waals surface area contributed by atoms with Crippen molar-refractivity contribution in [1.82, 2.24) is 0 Å². The smallest absolute Gasteiger partial charge is 0.319 e. The van der Waals surface area contributed by atoms with Crippen LogP contribution in [0, 0.1) is 11.6 Å². The Morgan fingerprint density at radius 3 is 2.19 bits per heavy atom. The molecule has 162 valence electrons. The van der Waals surface area contributed by atoms with Gasteiger partial charge in [0.1, 0.15) is 11.6 Å². The molecule has 3 aromatic carbocycles. The van der Waals surface area contributed by atoms with Gasteiger partial charge in [0.15, 0.2) is 0 Å². The number of amides is 1. The summed E-state index contributed by atoms with van der Waals surface area (Å²) in [7, 11) is -4.43. The zero-order chi connectivity index (χ0) is 22.8. The Morgan fingerprint density at radius 2 is 1.55 bits per heavy atom. The van der Waals surface area contributed by atoms with Crippen LogP contribution in [0.3, 0.4) is 0 Å². The van der Waals surface area contributed by atoms with Gasteiger partial charge in [0.25, 0.3) is 15.9 Å². The average Bonchev–Trinajstić information content (AvgIpc) is 2.69. The zero-order valence-electron chi connectivity index (χ0n) is 15.4. The van der Waals surface area contributed by atoms with E-state index in [9.17, 15) is 35.2 Å².